The predicted molar refractivity (Wildman–Crippen MR) is 121 cm³/mol. The van der Waals surface area contributed by atoms with Crippen LogP contribution in [0.4, 0.5) is 0 Å². The molecule has 6 heteroatoms. The van der Waals surface area contributed by atoms with E-state index in [4.69, 9.17) is 16.3 Å². The van der Waals surface area contributed by atoms with Gasteiger partial charge in [0.25, 0.3) is 5.91 Å². The number of nitrogens with one attached hydrogen (secondary N) is 1. The van der Waals surface area contributed by atoms with Gasteiger partial charge in [0.15, 0.2) is 6.61 Å². The number of benzene rings is 2. The van der Waals surface area contributed by atoms with Crippen LogP contribution in [0.3, 0.4) is 0 Å². The molecule has 0 aliphatic rings. The number of amides is 2. The summed E-state index contributed by atoms with van der Waals surface area (Å²) in [6, 6.07) is 10.6. The molecule has 0 radical (unpaired) electrons. The summed E-state index contributed by atoms with van der Waals surface area (Å²) in [5.74, 6) is 0.186. The molecule has 0 saturated heterocycles. The van der Waals surface area contributed by atoms with E-state index in [0.29, 0.717) is 10.8 Å². The first-order valence-corrected chi connectivity index (χ1v) is 10.5. The van der Waals surface area contributed by atoms with E-state index < -0.39 is 6.04 Å². The molecule has 0 bridgehead atoms. The minimum Gasteiger partial charge on any atom is -0.483 e. The normalized spacial score (nSPS) is 11.9. The Balaban J connectivity index is 2.23. The Hall–Kier alpha value is -2.53. The highest BCUT2D eigenvalue weighted by Crippen LogP contribution is 2.24. The van der Waals surface area contributed by atoms with Crippen molar-refractivity contribution in [2.24, 2.45) is 0 Å². The van der Waals surface area contributed by atoms with Crippen LogP contribution in [0.2, 0.25) is 5.02 Å². The molecule has 0 fully saturated rings. The van der Waals surface area contributed by atoms with E-state index in [2.05, 4.69) is 11.4 Å². The SMILES string of the molecule is Cc1cc(C)c(C)c(OCC(=O)N(Cc2ccccc2Cl)[C@@H](C)C(=O)NC(C)C)c1. The number of carbonyl (C=O) groups excluding carboxylic acids is 2. The molecule has 162 valence electrons. The molecule has 2 rings (SSSR count). The molecule has 0 saturated carbocycles. The molecule has 0 aliphatic heterocycles. The maximum atomic E-state index is 13.1. The topological polar surface area (TPSA) is 58.6 Å². The number of nitrogens with zero attached hydrogens (tertiary/aromatic N) is 1. The molecule has 1 N–H and O–H groups in total. The first kappa shape index (κ1) is 23.7. The lowest BCUT2D eigenvalue weighted by atomic mass is 10.1. The predicted octanol–water partition coefficient (Wildman–Crippen LogP) is 4.59. The van der Waals surface area contributed by atoms with Gasteiger partial charge in [-0.15, -0.1) is 0 Å². The Labute approximate surface area is 184 Å². The second-order valence-corrected chi connectivity index (χ2v) is 8.35. The third-order valence-electron chi connectivity index (χ3n) is 5.01. The van der Waals surface area contributed by atoms with Crippen LogP contribution in [0.15, 0.2) is 36.4 Å². The second-order valence-electron chi connectivity index (χ2n) is 7.95. The number of ether oxygens (including phenoxy) is 1. The third kappa shape index (κ3) is 6.23. The van der Waals surface area contributed by atoms with E-state index in [9.17, 15) is 9.59 Å². The molecule has 1 atom stereocenters. The van der Waals surface area contributed by atoms with Crippen molar-refractivity contribution in [3.8, 4) is 5.75 Å². The van der Waals surface area contributed by atoms with Crippen LogP contribution in [0.1, 0.15) is 43.0 Å². The molecule has 2 amide bonds. The zero-order valence-corrected chi connectivity index (χ0v) is 19.3. The molecule has 5 nitrogen and oxygen atoms in total. The molecule has 0 aromatic heterocycles. The van der Waals surface area contributed by atoms with Crippen LogP contribution >= 0.6 is 11.6 Å². The van der Waals surface area contributed by atoms with Gasteiger partial charge in [-0.3, -0.25) is 9.59 Å². The van der Waals surface area contributed by atoms with E-state index in [-0.39, 0.29) is 31.0 Å². The van der Waals surface area contributed by atoms with Crippen LogP contribution in [-0.4, -0.2) is 35.4 Å². The van der Waals surface area contributed by atoms with Crippen LogP contribution in [0.25, 0.3) is 0 Å². The van der Waals surface area contributed by atoms with Gasteiger partial charge >= 0.3 is 0 Å². The highest BCUT2D eigenvalue weighted by molar-refractivity contribution is 6.31. The standard InChI is InChI=1S/C24H31ClN2O3/c1-15(2)26-24(29)19(6)27(13-20-9-7-8-10-21(20)25)23(28)14-30-22-12-16(3)11-17(4)18(22)5/h7-12,15,19H,13-14H2,1-6H3,(H,26,29)/t19-/m0/s1. The van der Waals surface area contributed by atoms with Gasteiger partial charge < -0.3 is 15.0 Å². The van der Waals surface area contributed by atoms with E-state index in [1.807, 2.05) is 58.9 Å². The summed E-state index contributed by atoms with van der Waals surface area (Å²) in [5, 5.41) is 3.42. The summed E-state index contributed by atoms with van der Waals surface area (Å²) in [4.78, 5) is 27.2. The lowest BCUT2D eigenvalue weighted by Gasteiger charge is -2.29. The minimum absolute atomic E-state index is 0.0219. The maximum Gasteiger partial charge on any atom is 0.261 e. The van der Waals surface area contributed by atoms with Gasteiger partial charge in [0.2, 0.25) is 5.91 Å². The summed E-state index contributed by atoms with van der Waals surface area (Å²) in [6.07, 6.45) is 0. The highest BCUT2D eigenvalue weighted by atomic mass is 35.5. The molecule has 0 heterocycles. The van der Waals surface area contributed by atoms with Crippen molar-refractivity contribution >= 4 is 23.4 Å². The first-order valence-electron chi connectivity index (χ1n) is 10.1. The van der Waals surface area contributed by atoms with Gasteiger partial charge in [-0.25, -0.2) is 0 Å². The van der Waals surface area contributed by atoms with Gasteiger partial charge in [-0.05, 0) is 75.9 Å². The van der Waals surface area contributed by atoms with E-state index >= 15 is 0 Å². The Morgan fingerprint density at radius 1 is 1.10 bits per heavy atom. The van der Waals surface area contributed by atoms with Gasteiger partial charge in [0.05, 0.1) is 0 Å². The van der Waals surface area contributed by atoms with Crippen molar-refractivity contribution in [2.75, 3.05) is 6.61 Å². The second kappa shape index (κ2) is 10.5. The van der Waals surface area contributed by atoms with Gasteiger partial charge in [-0.2, -0.15) is 0 Å². The number of carbonyl (C=O) groups is 2. The van der Waals surface area contributed by atoms with E-state index in [1.54, 1.807) is 13.0 Å². The summed E-state index contributed by atoms with van der Waals surface area (Å²) in [7, 11) is 0. The van der Waals surface area contributed by atoms with Crippen molar-refractivity contribution in [1.82, 2.24) is 10.2 Å². The number of hydrogen-bond acceptors (Lipinski definition) is 3. The largest absolute Gasteiger partial charge is 0.483 e. The van der Waals surface area contributed by atoms with Crippen LogP contribution in [0.5, 0.6) is 5.75 Å². The number of rotatable bonds is 8. The fourth-order valence-corrected chi connectivity index (χ4v) is 3.37. The summed E-state index contributed by atoms with van der Waals surface area (Å²) < 4.78 is 5.86. The van der Waals surface area contributed by atoms with Gasteiger partial charge in [-0.1, -0.05) is 35.9 Å². The lowest BCUT2D eigenvalue weighted by Crippen LogP contribution is -2.50. The van der Waals surface area contributed by atoms with Crippen LogP contribution in [0, 0.1) is 20.8 Å². The van der Waals surface area contributed by atoms with Gasteiger partial charge in [0, 0.05) is 17.6 Å². The quantitative estimate of drug-likeness (QED) is 0.666. The Bertz CT molecular complexity index is 911. The number of aryl methyl sites for hydroxylation is 2. The molecule has 2 aromatic rings. The average molecular weight is 431 g/mol. The van der Waals surface area contributed by atoms with Crippen molar-refractivity contribution < 1.29 is 14.3 Å². The van der Waals surface area contributed by atoms with E-state index in [0.717, 1.165) is 22.3 Å². The van der Waals surface area contributed by atoms with Crippen molar-refractivity contribution in [3.63, 3.8) is 0 Å². The number of hydrogen-bond donors (Lipinski definition) is 1. The molecule has 0 aliphatic carbocycles. The molecular weight excluding hydrogens is 400 g/mol. The Kier molecular flexibility index (Phi) is 8.30. The van der Waals surface area contributed by atoms with Crippen molar-refractivity contribution in [3.05, 3.63) is 63.7 Å². The van der Waals surface area contributed by atoms with Gasteiger partial charge in [0.1, 0.15) is 11.8 Å². The fraction of sp³-hybridized carbons (Fsp3) is 0.417. The smallest absolute Gasteiger partial charge is 0.261 e. The summed E-state index contributed by atoms with van der Waals surface area (Å²) in [6.45, 7) is 11.5. The Morgan fingerprint density at radius 3 is 2.40 bits per heavy atom. The molecular formula is C24H31ClN2O3. The third-order valence-corrected chi connectivity index (χ3v) is 5.38. The van der Waals surface area contributed by atoms with Crippen LogP contribution in [-0.2, 0) is 16.1 Å². The Morgan fingerprint density at radius 2 is 1.77 bits per heavy atom. The maximum absolute atomic E-state index is 13.1. The number of halogens is 1. The zero-order valence-electron chi connectivity index (χ0n) is 18.6. The van der Waals surface area contributed by atoms with E-state index in [1.165, 1.54) is 4.90 Å². The summed E-state index contributed by atoms with van der Waals surface area (Å²) in [5.41, 5.74) is 3.95. The first-order chi connectivity index (χ1) is 14.1. The highest BCUT2D eigenvalue weighted by Gasteiger charge is 2.27. The van der Waals surface area contributed by atoms with Crippen molar-refractivity contribution in [1.29, 1.82) is 0 Å². The molecule has 2 aromatic carbocycles. The van der Waals surface area contributed by atoms with Crippen molar-refractivity contribution in [2.45, 2.75) is 60.2 Å². The fourth-order valence-electron chi connectivity index (χ4n) is 3.17. The molecule has 0 spiro atoms. The summed E-state index contributed by atoms with van der Waals surface area (Å²) >= 11 is 6.30. The zero-order chi connectivity index (χ0) is 22.4. The lowest BCUT2D eigenvalue weighted by molar-refractivity contribution is -0.142. The minimum atomic E-state index is -0.667. The molecule has 30 heavy (non-hydrogen) atoms. The van der Waals surface area contributed by atoms with Crippen LogP contribution < -0.4 is 10.1 Å². The average Bonchev–Trinajstić information content (AvgIpc) is 2.67. The molecule has 0 unspecified atom stereocenters. The monoisotopic (exact) mass is 430 g/mol.